The van der Waals surface area contributed by atoms with Crippen molar-refractivity contribution in [2.45, 2.75) is 57.8 Å². The molecule has 0 radical (unpaired) electrons. The van der Waals surface area contributed by atoms with Crippen molar-refractivity contribution in [1.82, 2.24) is 0 Å². The first-order valence-corrected chi connectivity index (χ1v) is 23.6. The fourth-order valence-electron chi connectivity index (χ4n) is 4.09. The van der Waals surface area contributed by atoms with Crippen molar-refractivity contribution in [1.29, 1.82) is 0 Å². The summed E-state index contributed by atoms with van der Waals surface area (Å²) in [6.45, 7) is 2.43. The fraction of sp³-hybridized carbons (Fsp3) is 1.00. The van der Waals surface area contributed by atoms with Gasteiger partial charge >= 0.3 is 0 Å². The topological polar surface area (TPSA) is 268 Å². The van der Waals surface area contributed by atoms with Gasteiger partial charge in [-0.15, -0.1) is 0 Å². The van der Waals surface area contributed by atoms with Gasteiger partial charge in [-0.2, -0.15) is 7.82 Å². The molecule has 0 spiro atoms. The second-order valence-electron chi connectivity index (χ2n) is 10.1. The fourth-order valence-corrected chi connectivity index (χ4v) is 12.3. The Bertz CT molecular complexity index is 430. The molecule has 44 heavy (non-hydrogen) atoms. The van der Waals surface area contributed by atoms with Gasteiger partial charge < -0.3 is 65.2 Å². The molecule has 272 valence electrons. The van der Waals surface area contributed by atoms with Crippen LogP contribution in [-0.2, 0) is 4.57 Å². The minimum Gasteiger partial charge on any atom is -0.822 e. The molecule has 0 aromatic heterocycles. The third-order valence-corrected chi connectivity index (χ3v) is 15.7. The molecule has 0 heterocycles. The molecule has 0 bridgehead atoms. The van der Waals surface area contributed by atoms with Gasteiger partial charge in [-0.1, -0.05) is 0 Å². The van der Waals surface area contributed by atoms with E-state index in [9.17, 15) is 0 Å². The lowest BCUT2D eigenvalue weighted by Crippen LogP contribution is -2.24. The molecule has 0 aliphatic heterocycles. The maximum atomic E-state index is 8.68. The van der Waals surface area contributed by atoms with E-state index in [1.54, 1.807) is 0 Å². The van der Waals surface area contributed by atoms with Gasteiger partial charge in [0.25, 0.3) is 0 Å². The Hall–Kier alpha value is 1.04. The minimum absolute atomic E-state index is 0.270. The van der Waals surface area contributed by atoms with Gasteiger partial charge in [-0.25, -0.2) is 0 Å². The molecule has 0 saturated carbocycles. The standard InChI is InChI=1S/3C9H21O3P.H3O4P/c3*10-4-1-7-13(8-2-5-11)9-3-6-12;1-5(2,3)4/h3*10-12H,1-9H2;(H3,1,2,3,4). The third kappa shape index (κ3) is 55.4. The summed E-state index contributed by atoms with van der Waals surface area (Å²) in [6.07, 6.45) is 17.9. The normalized spacial score (nSPS) is 11.2. The Morgan fingerprint density at radius 3 is 0.477 bits per heavy atom. The summed E-state index contributed by atoms with van der Waals surface area (Å²) in [5, 5.41) is 78.2. The highest BCUT2D eigenvalue weighted by Crippen LogP contribution is 2.38. The van der Waals surface area contributed by atoms with E-state index < -0.39 is 31.6 Å². The van der Waals surface area contributed by atoms with Crippen molar-refractivity contribution in [3.8, 4) is 0 Å². The molecule has 9 N–H and O–H groups in total. The largest absolute Gasteiger partial charge is 0.822 e. The highest BCUT2D eigenvalue weighted by atomic mass is 31.2. The highest BCUT2D eigenvalue weighted by Gasteiger charge is 2.15. The lowest BCUT2D eigenvalue weighted by molar-refractivity contribution is -0.432. The summed E-state index contributed by atoms with van der Waals surface area (Å²) < 4.78 is 8.55. The van der Waals surface area contributed by atoms with Crippen LogP contribution in [0.4, 0.5) is 0 Å². The van der Waals surface area contributed by atoms with E-state index in [0.717, 1.165) is 113 Å². The summed E-state index contributed by atoms with van der Waals surface area (Å²) in [5.74, 6) is 0. The van der Waals surface area contributed by atoms with Crippen molar-refractivity contribution in [2.75, 3.05) is 115 Å². The molecule has 0 saturated heterocycles. The van der Waals surface area contributed by atoms with Gasteiger partial charge in [0.15, 0.2) is 0 Å². The molecule has 0 aliphatic carbocycles. The summed E-state index contributed by atoms with van der Waals surface area (Å²) in [6, 6.07) is 0. The van der Waals surface area contributed by atoms with E-state index in [2.05, 4.69) is 0 Å². The van der Waals surface area contributed by atoms with Crippen LogP contribution in [0.2, 0.25) is 0 Å². The third-order valence-electron chi connectivity index (χ3n) is 6.20. The Labute approximate surface area is 269 Å². The van der Waals surface area contributed by atoms with Crippen LogP contribution >= 0.6 is 31.6 Å². The van der Waals surface area contributed by atoms with Crippen molar-refractivity contribution in [2.24, 2.45) is 0 Å². The summed E-state index contributed by atoms with van der Waals surface area (Å²) in [4.78, 5) is 25.6. The quantitative estimate of drug-likeness (QED) is 0.0425. The second-order valence-corrected chi connectivity index (χ2v) is 20.0. The van der Waals surface area contributed by atoms with Gasteiger partial charge in [0.1, 0.15) is 0 Å². The van der Waals surface area contributed by atoms with Gasteiger partial charge in [-0.3, -0.25) is 0 Å². The predicted molar refractivity (Wildman–Crippen MR) is 182 cm³/mol. The first-order chi connectivity index (χ1) is 21.0. The minimum atomic E-state index is -5.39. The average molecular weight is 723 g/mol. The lowest BCUT2D eigenvalue weighted by atomic mass is 10.5. The molecule has 0 aliphatic rings. The van der Waals surface area contributed by atoms with E-state index in [1.165, 1.54) is 0 Å². The van der Waals surface area contributed by atoms with Crippen LogP contribution in [0.5, 0.6) is 0 Å². The summed E-state index contributed by atoms with van der Waals surface area (Å²) in [5.41, 5.74) is 0. The Morgan fingerprint density at radius 1 is 0.318 bits per heavy atom. The average Bonchev–Trinajstić information content (AvgIpc) is 2.99. The molecule has 0 aromatic rings. The molecule has 0 atom stereocenters. The Morgan fingerprint density at radius 2 is 0.409 bits per heavy atom. The molecule has 17 heteroatoms. The van der Waals surface area contributed by atoms with Crippen molar-refractivity contribution < 1.29 is 65.2 Å². The van der Waals surface area contributed by atoms with Gasteiger partial charge in [0.2, 0.25) is 0 Å². The number of hydrogen-bond donors (Lipinski definition) is 9. The van der Waals surface area contributed by atoms with E-state index in [1.807, 2.05) is 0 Å². The number of aliphatic hydroxyl groups excluding tert-OH is 9. The van der Waals surface area contributed by atoms with Crippen molar-refractivity contribution >= 4 is 31.6 Å². The first-order valence-electron chi connectivity index (χ1n) is 15.8. The van der Waals surface area contributed by atoms with Gasteiger partial charge in [0.05, 0.1) is 55.5 Å². The van der Waals surface area contributed by atoms with Crippen molar-refractivity contribution in [3.63, 3.8) is 0 Å². The Kier molecular flexibility index (Phi) is 51.9. The number of aliphatic hydroxyl groups is 9. The predicted octanol–water partition coefficient (Wildman–Crippen LogP) is -1.78. The van der Waals surface area contributed by atoms with Crippen LogP contribution in [0, 0.1) is 0 Å². The maximum Gasteiger partial charge on any atom is 0.0593 e. The lowest BCUT2D eigenvalue weighted by Gasteiger charge is -2.36. The smallest absolute Gasteiger partial charge is 0.0593 e. The van der Waals surface area contributed by atoms with Crippen LogP contribution < -0.4 is 14.7 Å². The first kappa shape index (κ1) is 51.9. The molecule has 13 nitrogen and oxygen atoms in total. The van der Waals surface area contributed by atoms with Gasteiger partial charge in [-0.05, 0) is 0 Å². The number of hydrogen-bond acceptors (Lipinski definition) is 13. The zero-order valence-electron chi connectivity index (χ0n) is 26.7. The zero-order chi connectivity index (χ0) is 34.3. The van der Waals surface area contributed by atoms with Crippen LogP contribution in [0.1, 0.15) is 57.8 Å². The molecule has 0 fully saturated rings. The van der Waals surface area contributed by atoms with E-state index in [0.29, 0.717) is 0 Å². The monoisotopic (exact) mass is 722 g/mol. The SMILES string of the molecule is O=P([O-])([O-])[O-].OCCC[PH+](CCCO)CCCO.OCCC[PH+](CCCO)CCCO.OCCC[PH+](CCCO)CCCO. The van der Waals surface area contributed by atoms with E-state index in [4.69, 9.17) is 65.2 Å². The zero-order valence-corrected chi connectivity index (χ0v) is 30.6. The van der Waals surface area contributed by atoms with Gasteiger partial charge in [0, 0.05) is 141 Å². The molecule has 0 aromatic carbocycles. The molecular formula is C27H66O13P4. The van der Waals surface area contributed by atoms with Crippen molar-refractivity contribution in [3.05, 3.63) is 0 Å². The summed E-state index contributed by atoms with van der Waals surface area (Å²) in [7, 11) is -6.63. The number of phosphoric acid groups is 1. The Balaban J connectivity index is -0.000000253. The van der Waals surface area contributed by atoms with Crippen LogP contribution in [-0.4, -0.2) is 161 Å². The van der Waals surface area contributed by atoms with Crippen LogP contribution in [0.25, 0.3) is 0 Å². The van der Waals surface area contributed by atoms with E-state index in [-0.39, 0.29) is 59.5 Å². The van der Waals surface area contributed by atoms with Crippen LogP contribution in [0.3, 0.4) is 0 Å². The molecule has 0 rings (SSSR count). The maximum absolute atomic E-state index is 8.68. The highest BCUT2D eigenvalue weighted by molar-refractivity contribution is 7.58. The number of rotatable bonds is 27. The molecular weight excluding hydrogens is 656 g/mol. The van der Waals surface area contributed by atoms with E-state index >= 15 is 0 Å². The summed E-state index contributed by atoms with van der Waals surface area (Å²) >= 11 is 0. The molecule has 0 unspecified atom stereocenters. The van der Waals surface area contributed by atoms with Crippen LogP contribution in [0.15, 0.2) is 0 Å². The second kappa shape index (κ2) is 44.0. The molecule has 0 amide bonds.